The molecule has 2 rings (SSSR count). The van der Waals surface area contributed by atoms with Crippen LogP contribution in [0.25, 0.3) is 11.4 Å². The van der Waals surface area contributed by atoms with E-state index in [1.54, 1.807) is 12.4 Å². The van der Waals surface area contributed by atoms with Crippen molar-refractivity contribution < 1.29 is 4.74 Å². The van der Waals surface area contributed by atoms with Gasteiger partial charge < -0.3 is 9.30 Å². The fourth-order valence-corrected chi connectivity index (χ4v) is 1.63. The van der Waals surface area contributed by atoms with Gasteiger partial charge in [-0.25, -0.2) is 0 Å². The van der Waals surface area contributed by atoms with Crippen LogP contribution in [0, 0.1) is 0 Å². The van der Waals surface area contributed by atoms with Crippen molar-refractivity contribution in [3.05, 3.63) is 30.4 Å². The van der Waals surface area contributed by atoms with Gasteiger partial charge in [-0.2, -0.15) is 0 Å². The maximum atomic E-state index is 5.31. The first-order valence-corrected chi connectivity index (χ1v) is 5.69. The molecule has 2 aromatic heterocycles. The summed E-state index contributed by atoms with van der Waals surface area (Å²) in [5.41, 5.74) is 0.977. The van der Waals surface area contributed by atoms with Gasteiger partial charge in [0.05, 0.1) is 6.61 Å². The first-order chi connectivity index (χ1) is 8.33. The van der Waals surface area contributed by atoms with E-state index in [4.69, 9.17) is 4.74 Å². The Morgan fingerprint density at radius 1 is 1.35 bits per heavy atom. The molecule has 0 aliphatic carbocycles. The molecule has 0 fully saturated rings. The Hall–Kier alpha value is -1.75. The molecule has 17 heavy (non-hydrogen) atoms. The zero-order valence-electron chi connectivity index (χ0n) is 10.1. The Kier molecular flexibility index (Phi) is 3.82. The van der Waals surface area contributed by atoms with Crippen LogP contribution in [0.15, 0.2) is 24.5 Å². The molecule has 0 saturated heterocycles. The minimum absolute atomic E-state index is 0.676. The van der Waals surface area contributed by atoms with Crippen molar-refractivity contribution in [2.45, 2.75) is 13.3 Å². The van der Waals surface area contributed by atoms with Crippen LogP contribution in [0.3, 0.4) is 0 Å². The SMILES string of the molecule is CCOCCc1nnc(-c2cccnc2)n1C. The molecule has 90 valence electrons. The summed E-state index contributed by atoms with van der Waals surface area (Å²) in [6.45, 7) is 3.39. The summed E-state index contributed by atoms with van der Waals surface area (Å²) in [4.78, 5) is 4.08. The fraction of sp³-hybridized carbons (Fsp3) is 0.417. The van der Waals surface area contributed by atoms with Gasteiger partial charge in [-0.15, -0.1) is 10.2 Å². The molecular weight excluding hydrogens is 216 g/mol. The number of aromatic nitrogens is 4. The molecule has 5 heteroatoms. The van der Waals surface area contributed by atoms with E-state index in [0.717, 1.165) is 30.2 Å². The van der Waals surface area contributed by atoms with Crippen LogP contribution in [0.1, 0.15) is 12.7 Å². The molecule has 0 aliphatic heterocycles. The summed E-state index contributed by atoms with van der Waals surface area (Å²) in [5.74, 6) is 1.77. The van der Waals surface area contributed by atoms with E-state index in [0.29, 0.717) is 6.61 Å². The second kappa shape index (κ2) is 5.54. The largest absolute Gasteiger partial charge is 0.381 e. The van der Waals surface area contributed by atoms with Gasteiger partial charge in [0.25, 0.3) is 0 Å². The third kappa shape index (κ3) is 2.68. The van der Waals surface area contributed by atoms with Crippen LogP contribution in [-0.2, 0) is 18.2 Å². The molecule has 0 amide bonds. The first kappa shape index (κ1) is 11.7. The molecule has 2 aromatic rings. The van der Waals surface area contributed by atoms with Crippen molar-refractivity contribution in [2.24, 2.45) is 7.05 Å². The zero-order valence-corrected chi connectivity index (χ0v) is 10.1. The molecule has 0 unspecified atom stereocenters. The predicted octanol–water partition coefficient (Wildman–Crippen LogP) is 1.46. The lowest BCUT2D eigenvalue weighted by atomic mass is 10.3. The highest BCUT2D eigenvalue weighted by atomic mass is 16.5. The third-order valence-electron chi connectivity index (χ3n) is 2.56. The fourth-order valence-electron chi connectivity index (χ4n) is 1.63. The average Bonchev–Trinajstić information content (AvgIpc) is 2.73. The molecule has 0 spiro atoms. The summed E-state index contributed by atoms with van der Waals surface area (Å²) in [5, 5.41) is 8.35. The molecule has 0 N–H and O–H groups in total. The third-order valence-corrected chi connectivity index (χ3v) is 2.56. The van der Waals surface area contributed by atoms with E-state index in [1.807, 2.05) is 30.7 Å². The highest BCUT2D eigenvalue weighted by Crippen LogP contribution is 2.15. The highest BCUT2D eigenvalue weighted by Gasteiger charge is 2.10. The lowest BCUT2D eigenvalue weighted by molar-refractivity contribution is 0.149. The summed E-state index contributed by atoms with van der Waals surface area (Å²) < 4.78 is 7.30. The van der Waals surface area contributed by atoms with Gasteiger partial charge in [0.15, 0.2) is 5.82 Å². The monoisotopic (exact) mass is 232 g/mol. The van der Waals surface area contributed by atoms with Gasteiger partial charge in [0.1, 0.15) is 5.82 Å². The molecule has 0 aliphatic rings. The number of hydrogen-bond acceptors (Lipinski definition) is 4. The number of rotatable bonds is 5. The van der Waals surface area contributed by atoms with E-state index in [9.17, 15) is 0 Å². The topological polar surface area (TPSA) is 52.8 Å². The van der Waals surface area contributed by atoms with Crippen molar-refractivity contribution in [1.82, 2.24) is 19.7 Å². The van der Waals surface area contributed by atoms with Gasteiger partial charge in [0.2, 0.25) is 0 Å². The highest BCUT2D eigenvalue weighted by molar-refractivity contribution is 5.53. The average molecular weight is 232 g/mol. The van der Waals surface area contributed by atoms with Crippen molar-refractivity contribution in [2.75, 3.05) is 13.2 Å². The number of pyridine rings is 1. The van der Waals surface area contributed by atoms with Gasteiger partial charge in [-0.1, -0.05) is 0 Å². The van der Waals surface area contributed by atoms with E-state index in [2.05, 4.69) is 15.2 Å². The number of nitrogens with zero attached hydrogens (tertiary/aromatic N) is 4. The Morgan fingerprint density at radius 2 is 2.24 bits per heavy atom. The quantitative estimate of drug-likeness (QED) is 0.732. The van der Waals surface area contributed by atoms with Gasteiger partial charge in [0, 0.05) is 38.0 Å². The Balaban J connectivity index is 2.15. The molecule has 5 nitrogen and oxygen atoms in total. The summed E-state index contributed by atoms with van der Waals surface area (Å²) in [6.07, 6.45) is 4.31. The minimum atomic E-state index is 0.676. The molecule has 0 aromatic carbocycles. The Labute approximate surface area is 100 Å². The van der Waals surface area contributed by atoms with E-state index < -0.39 is 0 Å². The predicted molar refractivity (Wildman–Crippen MR) is 64.4 cm³/mol. The standard InChI is InChI=1S/C12H16N4O/c1-3-17-8-6-11-14-15-12(16(11)2)10-5-4-7-13-9-10/h4-5,7,9H,3,6,8H2,1-2H3. The minimum Gasteiger partial charge on any atom is -0.381 e. The van der Waals surface area contributed by atoms with E-state index >= 15 is 0 Å². The van der Waals surface area contributed by atoms with E-state index in [-0.39, 0.29) is 0 Å². The van der Waals surface area contributed by atoms with Gasteiger partial charge in [-0.05, 0) is 19.1 Å². The Bertz CT molecular complexity index is 467. The number of ether oxygens (including phenoxy) is 1. The molecule has 0 saturated carbocycles. The molecule has 2 heterocycles. The maximum absolute atomic E-state index is 5.31. The van der Waals surface area contributed by atoms with Crippen LogP contribution < -0.4 is 0 Å². The second-order valence-electron chi connectivity index (χ2n) is 3.69. The van der Waals surface area contributed by atoms with Crippen molar-refractivity contribution in [3.8, 4) is 11.4 Å². The van der Waals surface area contributed by atoms with Crippen molar-refractivity contribution in [1.29, 1.82) is 0 Å². The van der Waals surface area contributed by atoms with Crippen molar-refractivity contribution >= 4 is 0 Å². The van der Waals surface area contributed by atoms with Crippen LogP contribution in [0.5, 0.6) is 0 Å². The maximum Gasteiger partial charge on any atom is 0.165 e. The molecule has 0 bridgehead atoms. The lowest BCUT2D eigenvalue weighted by Crippen LogP contribution is -2.05. The van der Waals surface area contributed by atoms with E-state index in [1.165, 1.54) is 0 Å². The summed E-state index contributed by atoms with van der Waals surface area (Å²) >= 11 is 0. The first-order valence-electron chi connectivity index (χ1n) is 5.69. The summed E-state index contributed by atoms with van der Waals surface area (Å²) in [6, 6.07) is 3.87. The van der Waals surface area contributed by atoms with Crippen LogP contribution in [0.2, 0.25) is 0 Å². The normalized spacial score (nSPS) is 10.7. The molecule has 0 radical (unpaired) electrons. The zero-order chi connectivity index (χ0) is 12.1. The second-order valence-corrected chi connectivity index (χ2v) is 3.69. The molecular formula is C12H16N4O. The smallest absolute Gasteiger partial charge is 0.165 e. The summed E-state index contributed by atoms with van der Waals surface area (Å²) in [7, 11) is 1.96. The van der Waals surface area contributed by atoms with Crippen LogP contribution in [0.4, 0.5) is 0 Å². The van der Waals surface area contributed by atoms with Gasteiger partial charge in [-0.3, -0.25) is 4.98 Å². The molecule has 0 atom stereocenters. The number of hydrogen-bond donors (Lipinski definition) is 0. The van der Waals surface area contributed by atoms with Crippen LogP contribution in [-0.4, -0.2) is 33.0 Å². The van der Waals surface area contributed by atoms with Crippen molar-refractivity contribution in [3.63, 3.8) is 0 Å². The Morgan fingerprint density at radius 3 is 2.94 bits per heavy atom. The van der Waals surface area contributed by atoms with Crippen LogP contribution >= 0.6 is 0 Å². The lowest BCUT2D eigenvalue weighted by Gasteiger charge is -2.03. The van der Waals surface area contributed by atoms with Gasteiger partial charge >= 0.3 is 0 Å².